The van der Waals surface area contributed by atoms with E-state index in [-0.39, 0.29) is 0 Å². The molecule has 1 N–H and O–H groups in total. The van der Waals surface area contributed by atoms with Gasteiger partial charge in [-0.15, -0.1) is 0 Å². The number of amides is 1. The van der Waals surface area contributed by atoms with E-state index >= 15 is 0 Å². The minimum absolute atomic E-state index is 0.328. The minimum atomic E-state index is -0.927. The molecule has 132 valence electrons. The average molecular weight is 349 g/mol. The smallest absolute Gasteiger partial charge is 0.338 e. The minimum Gasteiger partial charge on any atom is -0.449 e. The van der Waals surface area contributed by atoms with Gasteiger partial charge in [-0.3, -0.25) is 4.79 Å². The molecule has 0 unspecified atom stereocenters. The van der Waals surface area contributed by atoms with Crippen molar-refractivity contribution in [3.05, 3.63) is 65.5 Å². The van der Waals surface area contributed by atoms with Crippen molar-refractivity contribution in [3.63, 3.8) is 0 Å². The molecule has 3 rings (SSSR count). The topological polar surface area (TPSA) is 81.2 Å². The number of hydrogen-bond donors (Lipinski definition) is 1. The Labute approximate surface area is 151 Å². The number of nitrogens with zero attached hydrogens (tertiary/aromatic N) is 2. The molecule has 2 aromatic carbocycles. The number of anilines is 1. The van der Waals surface area contributed by atoms with Gasteiger partial charge in [0.15, 0.2) is 6.10 Å². The number of nitrogens with one attached hydrogen (secondary N) is 1. The summed E-state index contributed by atoms with van der Waals surface area (Å²) in [4.78, 5) is 33.4. The fourth-order valence-electron chi connectivity index (χ4n) is 2.41. The molecule has 0 saturated heterocycles. The Kier molecular flexibility index (Phi) is 4.93. The van der Waals surface area contributed by atoms with E-state index in [9.17, 15) is 9.59 Å². The molecule has 1 heterocycles. The average Bonchev–Trinajstić information content (AvgIpc) is 2.63. The highest BCUT2D eigenvalue weighted by molar-refractivity contribution is 5.98. The number of aromatic nitrogens is 2. The van der Waals surface area contributed by atoms with Gasteiger partial charge in [-0.1, -0.05) is 18.2 Å². The predicted octanol–water partition coefficient (Wildman–Crippen LogP) is 3.43. The molecule has 1 amide bonds. The molecule has 0 aliphatic rings. The number of benzene rings is 2. The van der Waals surface area contributed by atoms with Crippen LogP contribution >= 0.6 is 0 Å². The number of fused-ring (bicyclic) bond motifs is 1. The second-order valence-electron chi connectivity index (χ2n) is 6.00. The van der Waals surface area contributed by atoms with Crippen LogP contribution in [-0.2, 0) is 9.53 Å². The quantitative estimate of drug-likeness (QED) is 0.730. The maximum Gasteiger partial charge on any atom is 0.338 e. The second-order valence-corrected chi connectivity index (χ2v) is 6.00. The maximum absolute atomic E-state index is 12.4. The largest absolute Gasteiger partial charge is 0.449 e. The Morgan fingerprint density at radius 3 is 2.31 bits per heavy atom. The molecule has 6 nitrogen and oxygen atoms in total. The van der Waals surface area contributed by atoms with Crippen LogP contribution in [0, 0.1) is 13.8 Å². The lowest BCUT2D eigenvalue weighted by molar-refractivity contribution is -0.123. The van der Waals surface area contributed by atoms with Crippen LogP contribution < -0.4 is 5.32 Å². The third-order valence-corrected chi connectivity index (χ3v) is 4.01. The Morgan fingerprint density at radius 2 is 1.62 bits per heavy atom. The molecule has 3 aromatic rings. The number of hydrogen-bond acceptors (Lipinski definition) is 5. The molecule has 0 fully saturated rings. The summed E-state index contributed by atoms with van der Waals surface area (Å²) in [5, 5.41) is 2.70. The van der Waals surface area contributed by atoms with Crippen LogP contribution in [0.2, 0.25) is 0 Å². The van der Waals surface area contributed by atoms with Crippen LogP contribution in [0.25, 0.3) is 11.0 Å². The number of ether oxygens (including phenoxy) is 1. The first kappa shape index (κ1) is 17.5. The molecular weight excluding hydrogens is 330 g/mol. The number of esters is 1. The van der Waals surface area contributed by atoms with Gasteiger partial charge in [0.25, 0.3) is 5.91 Å². The van der Waals surface area contributed by atoms with Gasteiger partial charge in [0.1, 0.15) is 0 Å². The van der Waals surface area contributed by atoms with Gasteiger partial charge in [0.2, 0.25) is 0 Å². The van der Waals surface area contributed by atoms with Crippen LogP contribution in [0.1, 0.15) is 28.7 Å². The van der Waals surface area contributed by atoms with E-state index in [0.29, 0.717) is 22.3 Å². The van der Waals surface area contributed by atoms with E-state index in [2.05, 4.69) is 15.3 Å². The van der Waals surface area contributed by atoms with E-state index in [1.165, 1.54) is 6.92 Å². The molecule has 0 aliphatic heterocycles. The van der Waals surface area contributed by atoms with Crippen LogP contribution in [0.4, 0.5) is 5.69 Å². The molecule has 1 aromatic heterocycles. The second kappa shape index (κ2) is 7.31. The Balaban J connectivity index is 1.71. The summed E-state index contributed by atoms with van der Waals surface area (Å²) < 4.78 is 5.27. The number of aryl methyl sites for hydroxylation is 2. The van der Waals surface area contributed by atoms with Crippen molar-refractivity contribution in [2.45, 2.75) is 26.9 Å². The van der Waals surface area contributed by atoms with E-state index in [1.807, 2.05) is 32.0 Å². The van der Waals surface area contributed by atoms with Gasteiger partial charge >= 0.3 is 5.97 Å². The first-order valence-corrected chi connectivity index (χ1v) is 8.26. The van der Waals surface area contributed by atoms with Crippen LogP contribution in [-0.4, -0.2) is 27.9 Å². The summed E-state index contributed by atoms with van der Waals surface area (Å²) in [6, 6.07) is 14.0. The van der Waals surface area contributed by atoms with Crippen LogP contribution in [0.5, 0.6) is 0 Å². The van der Waals surface area contributed by atoms with Gasteiger partial charge in [-0.2, -0.15) is 0 Å². The summed E-state index contributed by atoms with van der Waals surface area (Å²) in [7, 11) is 0. The maximum atomic E-state index is 12.4. The molecule has 0 saturated carbocycles. The molecule has 26 heavy (non-hydrogen) atoms. The summed E-state index contributed by atoms with van der Waals surface area (Å²) in [5.41, 5.74) is 3.95. The highest BCUT2D eigenvalue weighted by Gasteiger charge is 2.19. The summed E-state index contributed by atoms with van der Waals surface area (Å²) in [6.07, 6.45) is -0.927. The third-order valence-electron chi connectivity index (χ3n) is 4.01. The van der Waals surface area contributed by atoms with Gasteiger partial charge in [0.05, 0.1) is 28.0 Å². The van der Waals surface area contributed by atoms with Crippen LogP contribution in [0.3, 0.4) is 0 Å². The lowest BCUT2D eigenvalue weighted by Crippen LogP contribution is -2.30. The highest BCUT2D eigenvalue weighted by atomic mass is 16.5. The molecule has 0 aliphatic carbocycles. The lowest BCUT2D eigenvalue weighted by atomic mass is 10.2. The van der Waals surface area contributed by atoms with Crippen molar-refractivity contribution >= 4 is 28.6 Å². The van der Waals surface area contributed by atoms with E-state index in [4.69, 9.17) is 4.74 Å². The fourth-order valence-corrected chi connectivity index (χ4v) is 2.41. The summed E-state index contributed by atoms with van der Waals surface area (Å²) in [5.74, 6) is -0.973. The molecular formula is C20H19N3O3. The zero-order valence-corrected chi connectivity index (χ0v) is 14.8. The number of para-hydroxylation sites is 1. The van der Waals surface area contributed by atoms with Gasteiger partial charge in [-0.25, -0.2) is 14.8 Å². The number of carbonyl (C=O) groups excluding carboxylic acids is 2. The summed E-state index contributed by atoms with van der Waals surface area (Å²) >= 11 is 0. The molecule has 1 atom stereocenters. The third kappa shape index (κ3) is 3.85. The number of carbonyl (C=O) groups is 2. The van der Waals surface area contributed by atoms with Crippen LogP contribution in [0.15, 0.2) is 48.5 Å². The van der Waals surface area contributed by atoms with Crippen molar-refractivity contribution in [2.24, 2.45) is 0 Å². The van der Waals surface area contributed by atoms with E-state index in [1.54, 1.807) is 30.3 Å². The van der Waals surface area contributed by atoms with Gasteiger partial charge in [-0.05, 0) is 51.1 Å². The molecule has 6 heteroatoms. The lowest BCUT2D eigenvalue weighted by Gasteiger charge is -2.13. The monoisotopic (exact) mass is 349 g/mol. The van der Waals surface area contributed by atoms with E-state index in [0.717, 1.165) is 11.4 Å². The van der Waals surface area contributed by atoms with Crippen molar-refractivity contribution in [3.8, 4) is 0 Å². The Morgan fingerprint density at radius 1 is 0.962 bits per heavy atom. The first-order valence-electron chi connectivity index (χ1n) is 8.26. The van der Waals surface area contributed by atoms with Crippen molar-refractivity contribution in [1.29, 1.82) is 0 Å². The fraction of sp³-hybridized carbons (Fsp3) is 0.200. The Hall–Kier alpha value is -3.28. The highest BCUT2D eigenvalue weighted by Crippen LogP contribution is 2.16. The first-order chi connectivity index (χ1) is 12.4. The van der Waals surface area contributed by atoms with Crippen molar-refractivity contribution < 1.29 is 14.3 Å². The SMILES string of the molecule is Cc1nc2ccc(C(=O)O[C@H](C)C(=O)Nc3ccccc3)cc2nc1C. The molecule has 0 spiro atoms. The van der Waals surface area contributed by atoms with Gasteiger partial charge < -0.3 is 10.1 Å². The van der Waals surface area contributed by atoms with Crippen molar-refractivity contribution in [2.75, 3.05) is 5.32 Å². The standard InChI is InChI=1S/C20H19N3O3/c1-12-13(2)22-18-11-15(9-10-17(18)21-12)20(25)26-14(3)19(24)23-16-7-5-4-6-8-16/h4-11,14H,1-3H3,(H,23,24)/t14-/m1/s1. The number of rotatable bonds is 4. The van der Waals surface area contributed by atoms with Crippen molar-refractivity contribution in [1.82, 2.24) is 9.97 Å². The normalized spacial score (nSPS) is 11.8. The zero-order valence-electron chi connectivity index (χ0n) is 14.8. The van der Waals surface area contributed by atoms with Gasteiger partial charge in [0, 0.05) is 5.69 Å². The predicted molar refractivity (Wildman–Crippen MR) is 99.0 cm³/mol. The Bertz CT molecular complexity index is 971. The van der Waals surface area contributed by atoms with E-state index < -0.39 is 18.0 Å². The molecule has 0 bridgehead atoms. The molecule has 0 radical (unpaired) electrons. The zero-order chi connectivity index (χ0) is 18.7. The summed E-state index contributed by atoms with van der Waals surface area (Å²) in [6.45, 7) is 5.28.